The van der Waals surface area contributed by atoms with Gasteiger partial charge in [-0.15, -0.1) is 0 Å². The fourth-order valence-electron chi connectivity index (χ4n) is 2.34. The molecule has 0 saturated carbocycles. The van der Waals surface area contributed by atoms with Gasteiger partial charge in [-0.2, -0.15) is 11.8 Å². The van der Waals surface area contributed by atoms with Crippen LogP contribution in [0.3, 0.4) is 0 Å². The fourth-order valence-corrected chi connectivity index (χ4v) is 3.18. The summed E-state index contributed by atoms with van der Waals surface area (Å²) in [5.74, 6) is -0.380. The Bertz CT molecular complexity index is 895. The molecular weight excluding hydrogens is 425 g/mol. The summed E-state index contributed by atoms with van der Waals surface area (Å²) in [6.45, 7) is 0. The first kappa shape index (κ1) is 22.0. The predicted octanol–water partition coefficient (Wildman–Crippen LogP) is 4.39. The summed E-state index contributed by atoms with van der Waals surface area (Å²) in [5.41, 5.74) is 0.169. The number of nitro benzene ring substituents is 1. The van der Waals surface area contributed by atoms with Gasteiger partial charge in [-0.1, -0.05) is 29.3 Å². The summed E-state index contributed by atoms with van der Waals surface area (Å²) in [4.78, 5) is 35.5. The Morgan fingerprint density at radius 2 is 1.96 bits per heavy atom. The third kappa shape index (κ3) is 6.12. The van der Waals surface area contributed by atoms with Crippen LogP contribution in [0.25, 0.3) is 0 Å². The molecule has 10 heteroatoms. The van der Waals surface area contributed by atoms with Crippen molar-refractivity contribution in [2.24, 2.45) is 0 Å². The van der Waals surface area contributed by atoms with E-state index in [4.69, 9.17) is 23.2 Å². The first-order valence-electron chi connectivity index (χ1n) is 8.12. The summed E-state index contributed by atoms with van der Waals surface area (Å²) in [6.07, 6.45) is 2.27. The van der Waals surface area contributed by atoms with Crippen LogP contribution < -0.4 is 10.6 Å². The van der Waals surface area contributed by atoms with Crippen LogP contribution in [-0.2, 0) is 4.79 Å². The maximum absolute atomic E-state index is 12.6. The molecule has 0 saturated heterocycles. The largest absolute Gasteiger partial charge is 0.340 e. The SMILES string of the molecule is CSCC[C@@H](NC(=O)c1ccc(Cl)c([N+](=O)[O-])c1)C(=O)Nc1cccc(Cl)c1. The molecule has 2 aromatic carbocycles. The number of hydrogen-bond acceptors (Lipinski definition) is 5. The van der Waals surface area contributed by atoms with Crippen molar-refractivity contribution in [3.05, 3.63) is 68.2 Å². The number of amides is 2. The van der Waals surface area contributed by atoms with Crippen molar-refractivity contribution in [1.82, 2.24) is 5.32 Å². The number of thioether (sulfide) groups is 1. The minimum atomic E-state index is -0.825. The Morgan fingerprint density at radius 1 is 1.21 bits per heavy atom. The van der Waals surface area contributed by atoms with Gasteiger partial charge in [0.1, 0.15) is 11.1 Å². The van der Waals surface area contributed by atoms with Gasteiger partial charge in [-0.25, -0.2) is 0 Å². The van der Waals surface area contributed by atoms with Crippen molar-refractivity contribution >= 4 is 58.2 Å². The molecule has 2 aromatic rings. The van der Waals surface area contributed by atoms with Crippen LogP contribution in [0.15, 0.2) is 42.5 Å². The number of nitro groups is 1. The van der Waals surface area contributed by atoms with E-state index in [0.717, 1.165) is 6.07 Å². The average molecular weight is 442 g/mol. The van der Waals surface area contributed by atoms with Gasteiger partial charge in [-0.05, 0) is 48.8 Å². The number of halogens is 2. The topological polar surface area (TPSA) is 101 Å². The highest BCUT2D eigenvalue weighted by Crippen LogP contribution is 2.25. The van der Waals surface area contributed by atoms with Crippen LogP contribution in [-0.4, -0.2) is 34.8 Å². The van der Waals surface area contributed by atoms with E-state index in [9.17, 15) is 19.7 Å². The zero-order chi connectivity index (χ0) is 20.7. The highest BCUT2D eigenvalue weighted by atomic mass is 35.5. The van der Waals surface area contributed by atoms with Gasteiger partial charge in [0.25, 0.3) is 11.6 Å². The summed E-state index contributed by atoms with van der Waals surface area (Å²) < 4.78 is 0. The van der Waals surface area contributed by atoms with Crippen molar-refractivity contribution in [3.63, 3.8) is 0 Å². The van der Waals surface area contributed by atoms with Crippen molar-refractivity contribution in [3.8, 4) is 0 Å². The third-order valence-electron chi connectivity index (χ3n) is 3.73. The van der Waals surface area contributed by atoms with E-state index in [1.807, 2.05) is 6.26 Å². The van der Waals surface area contributed by atoms with E-state index >= 15 is 0 Å². The molecule has 0 fully saturated rings. The average Bonchev–Trinajstić information content (AvgIpc) is 2.65. The van der Waals surface area contributed by atoms with Crippen LogP contribution in [0.2, 0.25) is 10.0 Å². The lowest BCUT2D eigenvalue weighted by Crippen LogP contribution is -2.44. The second-order valence-corrected chi connectivity index (χ2v) is 7.56. The van der Waals surface area contributed by atoms with Gasteiger partial charge >= 0.3 is 0 Å². The number of anilines is 1. The summed E-state index contributed by atoms with van der Waals surface area (Å²) in [6, 6.07) is 9.54. The monoisotopic (exact) mass is 441 g/mol. The Morgan fingerprint density at radius 3 is 2.61 bits per heavy atom. The minimum absolute atomic E-state index is 0.0424. The van der Waals surface area contributed by atoms with Crippen molar-refractivity contribution in [2.45, 2.75) is 12.5 Å². The number of nitrogens with one attached hydrogen (secondary N) is 2. The Hall–Kier alpha value is -2.29. The maximum Gasteiger partial charge on any atom is 0.288 e. The summed E-state index contributed by atoms with van der Waals surface area (Å²) in [7, 11) is 0. The van der Waals surface area contributed by atoms with Gasteiger partial charge in [0.15, 0.2) is 0 Å². The number of benzene rings is 2. The number of carbonyl (C=O) groups is 2. The fraction of sp³-hybridized carbons (Fsp3) is 0.222. The minimum Gasteiger partial charge on any atom is -0.340 e. The van der Waals surface area contributed by atoms with Gasteiger partial charge in [0.2, 0.25) is 5.91 Å². The van der Waals surface area contributed by atoms with Crippen LogP contribution in [0.1, 0.15) is 16.8 Å². The molecule has 0 bridgehead atoms. The molecule has 0 aromatic heterocycles. The lowest BCUT2D eigenvalue weighted by atomic mass is 10.1. The Balaban J connectivity index is 2.16. The molecule has 2 rings (SSSR count). The van der Waals surface area contributed by atoms with Crippen molar-refractivity contribution < 1.29 is 14.5 Å². The maximum atomic E-state index is 12.6. The van der Waals surface area contributed by atoms with Gasteiger partial charge in [0.05, 0.1) is 4.92 Å². The summed E-state index contributed by atoms with van der Waals surface area (Å²) in [5, 5.41) is 16.7. The van der Waals surface area contributed by atoms with E-state index in [2.05, 4.69) is 10.6 Å². The van der Waals surface area contributed by atoms with Gasteiger partial charge in [-0.3, -0.25) is 19.7 Å². The second kappa shape index (κ2) is 10.3. The molecule has 1 atom stereocenters. The molecular formula is C18H17Cl2N3O4S. The number of rotatable bonds is 8. The molecule has 148 valence electrons. The standard InChI is InChI=1S/C18H17Cl2N3O4S/c1-28-8-7-15(18(25)21-13-4-2-3-12(19)10-13)22-17(24)11-5-6-14(20)16(9-11)23(26)27/h2-6,9-10,15H,7-8H2,1H3,(H,21,25)(H,22,24)/t15-/m1/s1. The lowest BCUT2D eigenvalue weighted by molar-refractivity contribution is -0.384. The second-order valence-electron chi connectivity index (χ2n) is 5.73. The van der Waals surface area contributed by atoms with Crippen LogP contribution in [0, 0.1) is 10.1 Å². The molecule has 0 heterocycles. The number of nitrogens with zero attached hydrogens (tertiary/aromatic N) is 1. The lowest BCUT2D eigenvalue weighted by Gasteiger charge is -2.18. The quantitative estimate of drug-likeness (QED) is 0.467. The molecule has 0 aliphatic carbocycles. The van der Waals surface area contributed by atoms with Gasteiger partial charge in [0, 0.05) is 22.3 Å². The Kier molecular flexibility index (Phi) is 8.10. The number of carbonyl (C=O) groups excluding carboxylic acids is 2. The highest BCUT2D eigenvalue weighted by molar-refractivity contribution is 7.98. The molecule has 2 amide bonds. The van der Waals surface area contributed by atoms with E-state index < -0.39 is 22.8 Å². The normalized spacial score (nSPS) is 11.5. The molecule has 0 spiro atoms. The van der Waals surface area contributed by atoms with Gasteiger partial charge < -0.3 is 10.6 Å². The van der Waals surface area contributed by atoms with Crippen molar-refractivity contribution in [1.29, 1.82) is 0 Å². The first-order valence-corrected chi connectivity index (χ1v) is 10.3. The third-order valence-corrected chi connectivity index (χ3v) is 4.93. The molecule has 0 aliphatic rings. The predicted molar refractivity (Wildman–Crippen MR) is 112 cm³/mol. The zero-order valence-corrected chi connectivity index (χ0v) is 17.1. The van der Waals surface area contributed by atoms with Crippen LogP contribution in [0.5, 0.6) is 0 Å². The summed E-state index contributed by atoms with van der Waals surface area (Å²) >= 11 is 13.2. The molecule has 28 heavy (non-hydrogen) atoms. The molecule has 2 N–H and O–H groups in total. The molecule has 7 nitrogen and oxygen atoms in total. The Labute approximate surface area is 175 Å². The van der Waals surface area contributed by atoms with E-state index in [1.165, 1.54) is 23.9 Å². The smallest absolute Gasteiger partial charge is 0.288 e. The molecule has 0 radical (unpaired) electrons. The first-order chi connectivity index (χ1) is 13.3. The molecule has 0 aliphatic heterocycles. The number of hydrogen-bond donors (Lipinski definition) is 2. The van der Waals surface area contributed by atoms with E-state index in [-0.39, 0.29) is 16.3 Å². The van der Waals surface area contributed by atoms with Crippen molar-refractivity contribution in [2.75, 3.05) is 17.3 Å². The zero-order valence-electron chi connectivity index (χ0n) is 14.8. The van der Waals surface area contributed by atoms with Crippen LogP contribution in [0.4, 0.5) is 11.4 Å². The highest BCUT2D eigenvalue weighted by Gasteiger charge is 2.23. The molecule has 0 unspecified atom stereocenters. The van der Waals surface area contributed by atoms with Crippen LogP contribution >= 0.6 is 35.0 Å². The van der Waals surface area contributed by atoms with E-state index in [1.54, 1.807) is 24.3 Å². The van der Waals surface area contributed by atoms with E-state index in [0.29, 0.717) is 22.9 Å².